The SMILES string of the molecule is ClC1(Br)CC1CBr. The summed E-state index contributed by atoms with van der Waals surface area (Å²) in [7, 11) is 0. The van der Waals surface area contributed by atoms with Gasteiger partial charge in [0, 0.05) is 11.2 Å². The van der Waals surface area contributed by atoms with Gasteiger partial charge in [0.25, 0.3) is 0 Å². The lowest BCUT2D eigenvalue weighted by Crippen LogP contribution is -1.87. The van der Waals surface area contributed by atoms with E-state index in [2.05, 4.69) is 31.9 Å². The van der Waals surface area contributed by atoms with Crippen molar-refractivity contribution >= 4 is 43.5 Å². The molecule has 1 rings (SSSR count). The van der Waals surface area contributed by atoms with E-state index in [0.717, 1.165) is 11.8 Å². The van der Waals surface area contributed by atoms with Gasteiger partial charge >= 0.3 is 0 Å². The standard InChI is InChI=1S/C4H5Br2Cl/c5-2-3-1-4(3,6)7/h3H,1-2H2. The summed E-state index contributed by atoms with van der Waals surface area (Å²) in [6, 6.07) is 0. The second-order valence-electron chi connectivity index (χ2n) is 1.82. The molecule has 0 aromatic rings. The molecule has 1 fully saturated rings. The van der Waals surface area contributed by atoms with E-state index in [4.69, 9.17) is 11.6 Å². The van der Waals surface area contributed by atoms with Crippen molar-refractivity contribution < 1.29 is 0 Å². The van der Waals surface area contributed by atoms with Crippen molar-refractivity contribution in [2.75, 3.05) is 5.33 Å². The van der Waals surface area contributed by atoms with E-state index in [0.29, 0.717) is 5.92 Å². The topological polar surface area (TPSA) is 0 Å². The first-order valence-electron chi connectivity index (χ1n) is 2.10. The van der Waals surface area contributed by atoms with Gasteiger partial charge in [0.1, 0.15) is 3.78 Å². The number of hydrogen-bond acceptors (Lipinski definition) is 0. The predicted molar refractivity (Wildman–Crippen MR) is 39.4 cm³/mol. The molecule has 7 heavy (non-hydrogen) atoms. The first kappa shape index (κ1) is 6.37. The van der Waals surface area contributed by atoms with E-state index in [-0.39, 0.29) is 3.78 Å². The minimum Gasteiger partial charge on any atom is -0.106 e. The predicted octanol–water partition coefficient (Wildman–Crippen LogP) is 2.73. The number of halogens is 3. The summed E-state index contributed by atoms with van der Waals surface area (Å²) in [4.78, 5) is 0. The average molecular weight is 248 g/mol. The summed E-state index contributed by atoms with van der Waals surface area (Å²) in [5.41, 5.74) is 0. The molecule has 1 aliphatic rings. The van der Waals surface area contributed by atoms with Gasteiger partial charge in [-0.1, -0.05) is 31.9 Å². The van der Waals surface area contributed by atoms with Crippen molar-refractivity contribution in [3.05, 3.63) is 0 Å². The molecule has 0 N–H and O–H groups in total. The molecule has 42 valence electrons. The van der Waals surface area contributed by atoms with Gasteiger partial charge in [-0.2, -0.15) is 0 Å². The Morgan fingerprint density at radius 3 is 2.29 bits per heavy atom. The Labute approximate surface area is 64.9 Å². The van der Waals surface area contributed by atoms with Crippen LogP contribution >= 0.6 is 43.5 Å². The fraction of sp³-hybridized carbons (Fsp3) is 1.00. The van der Waals surface area contributed by atoms with Crippen molar-refractivity contribution in [1.29, 1.82) is 0 Å². The molecule has 0 bridgehead atoms. The minimum absolute atomic E-state index is 0.0451. The van der Waals surface area contributed by atoms with Crippen LogP contribution in [0.1, 0.15) is 6.42 Å². The normalized spacial score (nSPS) is 49.3. The Bertz CT molecular complexity index is 81.8. The summed E-state index contributed by atoms with van der Waals surface area (Å²) < 4.78 is -0.0451. The van der Waals surface area contributed by atoms with Crippen LogP contribution in [-0.4, -0.2) is 9.11 Å². The van der Waals surface area contributed by atoms with Crippen LogP contribution in [-0.2, 0) is 0 Å². The molecule has 2 atom stereocenters. The zero-order valence-corrected chi connectivity index (χ0v) is 7.55. The Morgan fingerprint density at radius 2 is 2.29 bits per heavy atom. The molecule has 1 aliphatic carbocycles. The second-order valence-corrected chi connectivity index (χ2v) is 5.01. The van der Waals surface area contributed by atoms with Crippen LogP contribution in [0.5, 0.6) is 0 Å². The monoisotopic (exact) mass is 246 g/mol. The number of hydrogen-bond donors (Lipinski definition) is 0. The maximum Gasteiger partial charge on any atom is 0.103 e. The maximum atomic E-state index is 5.79. The molecule has 0 amide bonds. The molecule has 0 aromatic carbocycles. The van der Waals surface area contributed by atoms with Gasteiger partial charge in [0.05, 0.1) is 0 Å². The summed E-state index contributed by atoms with van der Waals surface area (Å²) in [5, 5.41) is 1.02. The molecule has 2 unspecified atom stereocenters. The van der Waals surface area contributed by atoms with Crippen molar-refractivity contribution in [3.8, 4) is 0 Å². The molecule has 0 saturated heterocycles. The lowest BCUT2D eigenvalue weighted by atomic mass is 10.5. The highest BCUT2D eigenvalue weighted by atomic mass is 79.9. The van der Waals surface area contributed by atoms with Crippen LogP contribution in [0.25, 0.3) is 0 Å². The van der Waals surface area contributed by atoms with Crippen LogP contribution in [0.4, 0.5) is 0 Å². The van der Waals surface area contributed by atoms with Gasteiger partial charge in [-0.25, -0.2) is 0 Å². The summed E-state index contributed by atoms with van der Waals surface area (Å²) >= 11 is 12.5. The molecule has 0 spiro atoms. The van der Waals surface area contributed by atoms with Crippen molar-refractivity contribution in [1.82, 2.24) is 0 Å². The summed E-state index contributed by atoms with van der Waals surface area (Å²) in [6.07, 6.45) is 1.10. The molecular weight excluding hydrogens is 243 g/mol. The highest BCUT2D eigenvalue weighted by Gasteiger charge is 2.49. The lowest BCUT2D eigenvalue weighted by Gasteiger charge is -1.89. The third-order valence-corrected chi connectivity index (χ3v) is 3.36. The van der Waals surface area contributed by atoms with E-state index >= 15 is 0 Å². The van der Waals surface area contributed by atoms with Crippen LogP contribution in [0.3, 0.4) is 0 Å². The third kappa shape index (κ3) is 1.33. The molecule has 0 radical (unpaired) electrons. The smallest absolute Gasteiger partial charge is 0.103 e. The first-order valence-corrected chi connectivity index (χ1v) is 4.40. The van der Waals surface area contributed by atoms with Crippen molar-refractivity contribution in [2.24, 2.45) is 5.92 Å². The van der Waals surface area contributed by atoms with Gasteiger partial charge < -0.3 is 0 Å². The van der Waals surface area contributed by atoms with E-state index in [1.165, 1.54) is 0 Å². The number of rotatable bonds is 1. The molecule has 0 aliphatic heterocycles. The van der Waals surface area contributed by atoms with Crippen molar-refractivity contribution in [2.45, 2.75) is 10.2 Å². The van der Waals surface area contributed by atoms with Gasteiger partial charge in [-0.05, 0) is 6.42 Å². The van der Waals surface area contributed by atoms with Crippen LogP contribution < -0.4 is 0 Å². The molecule has 0 heterocycles. The molecule has 0 aromatic heterocycles. The molecular formula is C4H5Br2Cl. The Morgan fingerprint density at radius 1 is 1.86 bits per heavy atom. The highest BCUT2D eigenvalue weighted by Crippen LogP contribution is 2.55. The van der Waals surface area contributed by atoms with Crippen LogP contribution in [0.2, 0.25) is 0 Å². The zero-order chi connectivity index (χ0) is 5.49. The Hall–Kier alpha value is 1.25. The highest BCUT2D eigenvalue weighted by molar-refractivity contribution is 9.11. The van der Waals surface area contributed by atoms with Gasteiger partial charge in [-0.3, -0.25) is 0 Å². The molecule has 0 nitrogen and oxygen atoms in total. The molecule has 1 saturated carbocycles. The quantitative estimate of drug-likeness (QED) is 0.626. The second kappa shape index (κ2) is 1.89. The first-order chi connectivity index (χ1) is 3.17. The summed E-state index contributed by atoms with van der Waals surface area (Å²) in [5.74, 6) is 0.647. The van der Waals surface area contributed by atoms with Crippen molar-refractivity contribution in [3.63, 3.8) is 0 Å². The van der Waals surface area contributed by atoms with E-state index < -0.39 is 0 Å². The van der Waals surface area contributed by atoms with Gasteiger partial charge in [0.15, 0.2) is 0 Å². The van der Waals surface area contributed by atoms with Gasteiger partial charge in [-0.15, -0.1) is 11.6 Å². The van der Waals surface area contributed by atoms with Gasteiger partial charge in [0.2, 0.25) is 0 Å². The largest absolute Gasteiger partial charge is 0.106 e. The lowest BCUT2D eigenvalue weighted by molar-refractivity contribution is 1.00. The van der Waals surface area contributed by atoms with Crippen LogP contribution in [0, 0.1) is 5.92 Å². The molecule has 3 heteroatoms. The Kier molecular flexibility index (Phi) is 1.72. The summed E-state index contributed by atoms with van der Waals surface area (Å²) in [6.45, 7) is 0. The fourth-order valence-corrected chi connectivity index (χ4v) is 2.66. The average Bonchev–Trinajstić information content (AvgIpc) is 2.13. The zero-order valence-electron chi connectivity index (χ0n) is 3.63. The van der Waals surface area contributed by atoms with Crippen LogP contribution in [0.15, 0.2) is 0 Å². The maximum absolute atomic E-state index is 5.79. The Balaban J connectivity index is 2.30. The fourth-order valence-electron chi connectivity index (χ4n) is 0.437. The van der Waals surface area contributed by atoms with E-state index in [1.54, 1.807) is 0 Å². The van der Waals surface area contributed by atoms with E-state index in [1.807, 2.05) is 0 Å². The third-order valence-electron chi connectivity index (χ3n) is 1.14. The number of alkyl halides is 3. The minimum atomic E-state index is -0.0451. The van der Waals surface area contributed by atoms with E-state index in [9.17, 15) is 0 Å².